The number of hydrogen-bond donors (Lipinski definition) is 0. The fourth-order valence-electron chi connectivity index (χ4n) is 1.30. The second-order valence-corrected chi connectivity index (χ2v) is 3.96. The van der Waals surface area contributed by atoms with E-state index in [4.69, 9.17) is 5.53 Å². The van der Waals surface area contributed by atoms with Crippen LogP contribution in [0.4, 0.5) is 0 Å². The van der Waals surface area contributed by atoms with Gasteiger partial charge in [0.05, 0.1) is 11.4 Å². The molecule has 0 aromatic carbocycles. The molecular formula is C9H9N5S. The van der Waals surface area contributed by atoms with Crippen LogP contribution in [0.1, 0.15) is 5.69 Å². The fourth-order valence-corrected chi connectivity index (χ4v) is 1.98. The molecule has 0 aliphatic rings. The van der Waals surface area contributed by atoms with Crippen molar-refractivity contribution in [2.24, 2.45) is 12.2 Å². The van der Waals surface area contributed by atoms with Gasteiger partial charge in [0.25, 0.3) is 0 Å². The summed E-state index contributed by atoms with van der Waals surface area (Å²) in [6.07, 6.45) is 0. The molecule has 15 heavy (non-hydrogen) atoms. The van der Waals surface area contributed by atoms with E-state index in [9.17, 15) is 0 Å². The quantitative estimate of drug-likeness (QED) is 0.444. The highest BCUT2D eigenvalue weighted by molar-refractivity contribution is 7.13. The van der Waals surface area contributed by atoms with Gasteiger partial charge in [-0.3, -0.25) is 4.68 Å². The Morgan fingerprint density at radius 1 is 1.67 bits per heavy atom. The highest BCUT2D eigenvalue weighted by Crippen LogP contribution is 2.23. The second kappa shape index (κ2) is 4.16. The Kier molecular flexibility index (Phi) is 2.71. The Labute approximate surface area is 90.6 Å². The molecule has 0 atom stereocenters. The monoisotopic (exact) mass is 219 g/mol. The van der Waals surface area contributed by atoms with Gasteiger partial charge < -0.3 is 0 Å². The van der Waals surface area contributed by atoms with E-state index in [0.717, 1.165) is 16.3 Å². The predicted molar refractivity (Wildman–Crippen MR) is 59.4 cm³/mol. The van der Waals surface area contributed by atoms with E-state index < -0.39 is 0 Å². The lowest BCUT2D eigenvalue weighted by Crippen LogP contribution is -1.95. The van der Waals surface area contributed by atoms with Gasteiger partial charge in [0.2, 0.25) is 0 Å². The molecule has 2 heterocycles. The molecule has 0 aliphatic carbocycles. The average Bonchev–Trinajstić information content (AvgIpc) is 2.83. The summed E-state index contributed by atoms with van der Waals surface area (Å²) >= 11 is 1.64. The highest BCUT2D eigenvalue weighted by Gasteiger charge is 2.06. The van der Waals surface area contributed by atoms with Crippen molar-refractivity contribution in [2.45, 2.75) is 6.54 Å². The molecule has 0 bridgehead atoms. The van der Waals surface area contributed by atoms with E-state index in [0.29, 0.717) is 6.54 Å². The van der Waals surface area contributed by atoms with Crippen molar-refractivity contribution in [2.75, 3.05) is 0 Å². The van der Waals surface area contributed by atoms with Crippen molar-refractivity contribution in [1.29, 1.82) is 0 Å². The predicted octanol–water partition coefficient (Wildman–Crippen LogP) is 2.96. The Morgan fingerprint density at radius 2 is 2.53 bits per heavy atom. The lowest BCUT2D eigenvalue weighted by atomic mass is 10.3. The van der Waals surface area contributed by atoms with Gasteiger partial charge >= 0.3 is 0 Å². The third kappa shape index (κ3) is 2.01. The maximum absolute atomic E-state index is 8.24. The topological polar surface area (TPSA) is 66.6 Å². The molecule has 0 N–H and O–H groups in total. The summed E-state index contributed by atoms with van der Waals surface area (Å²) in [5, 5.41) is 9.88. The molecule has 0 saturated carbocycles. The number of azide groups is 1. The minimum atomic E-state index is 0.339. The summed E-state index contributed by atoms with van der Waals surface area (Å²) in [7, 11) is 1.85. The lowest BCUT2D eigenvalue weighted by Gasteiger charge is -1.93. The Hall–Kier alpha value is -1.78. The number of thiophene rings is 1. The SMILES string of the molecule is Cn1nc(-c2cccs2)cc1CN=[N+]=[N-]. The maximum Gasteiger partial charge on any atom is 0.103 e. The van der Waals surface area contributed by atoms with Gasteiger partial charge in [0.15, 0.2) is 0 Å². The molecule has 0 radical (unpaired) electrons. The fraction of sp³-hybridized carbons (Fsp3) is 0.222. The molecule has 0 fully saturated rings. The lowest BCUT2D eigenvalue weighted by molar-refractivity contribution is 0.713. The van der Waals surface area contributed by atoms with Crippen LogP contribution in [0, 0.1) is 0 Å². The molecule has 2 aromatic rings. The molecule has 0 saturated heterocycles. The Bertz CT molecular complexity index is 493. The molecule has 2 aromatic heterocycles. The molecular weight excluding hydrogens is 210 g/mol. The zero-order valence-electron chi connectivity index (χ0n) is 8.16. The molecule has 6 heteroatoms. The smallest absolute Gasteiger partial charge is 0.103 e. The van der Waals surface area contributed by atoms with E-state index in [1.54, 1.807) is 16.0 Å². The summed E-state index contributed by atoms with van der Waals surface area (Å²) in [6.45, 7) is 0.339. The molecule has 0 aliphatic heterocycles. The van der Waals surface area contributed by atoms with Crippen molar-refractivity contribution >= 4 is 11.3 Å². The van der Waals surface area contributed by atoms with E-state index in [1.165, 1.54) is 0 Å². The van der Waals surface area contributed by atoms with Crippen molar-refractivity contribution in [3.8, 4) is 10.6 Å². The summed E-state index contributed by atoms with van der Waals surface area (Å²) in [4.78, 5) is 3.85. The van der Waals surface area contributed by atoms with Crippen LogP contribution in [-0.4, -0.2) is 9.78 Å². The van der Waals surface area contributed by atoms with E-state index in [1.807, 2.05) is 30.6 Å². The Balaban J connectivity index is 2.32. The first-order chi connectivity index (χ1) is 7.31. The first-order valence-electron chi connectivity index (χ1n) is 4.39. The normalized spacial score (nSPS) is 9.93. The van der Waals surface area contributed by atoms with Gasteiger partial charge in [-0.25, -0.2) is 0 Å². The van der Waals surface area contributed by atoms with Crippen molar-refractivity contribution in [3.05, 3.63) is 39.7 Å². The number of aromatic nitrogens is 2. The van der Waals surface area contributed by atoms with E-state index in [-0.39, 0.29) is 0 Å². The summed E-state index contributed by atoms with van der Waals surface area (Å²) in [5.41, 5.74) is 10.1. The van der Waals surface area contributed by atoms with Crippen molar-refractivity contribution < 1.29 is 0 Å². The van der Waals surface area contributed by atoms with Gasteiger partial charge in [-0.05, 0) is 23.0 Å². The van der Waals surface area contributed by atoms with Crippen LogP contribution in [0.25, 0.3) is 21.0 Å². The Morgan fingerprint density at radius 3 is 3.20 bits per heavy atom. The maximum atomic E-state index is 8.24. The molecule has 5 nitrogen and oxygen atoms in total. The van der Waals surface area contributed by atoms with Crippen LogP contribution < -0.4 is 0 Å². The molecule has 76 valence electrons. The molecule has 2 rings (SSSR count). The zero-order valence-corrected chi connectivity index (χ0v) is 8.98. The van der Waals surface area contributed by atoms with E-state index >= 15 is 0 Å². The first kappa shape index (κ1) is 9.76. The summed E-state index contributed by atoms with van der Waals surface area (Å²) in [6, 6.07) is 5.95. The third-order valence-corrected chi connectivity index (χ3v) is 2.94. The van der Waals surface area contributed by atoms with Gasteiger partial charge in [-0.1, -0.05) is 11.2 Å². The number of rotatable bonds is 3. The standard InChI is InChI=1S/C9H9N5S/c1-14-7(6-11-13-10)5-8(12-14)9-3-2-4-15-9/h2-5H,6H2,1H3. The number of aryl methyl sites for hydroxylation is 1. The second-order valence-electron chi connectivity index (χ2n) is 3.01. The molecule has 0 amide bonds. The average molecular weight is 219 g/mol. The zero-order chi connectivity index (χ0) is 10.7. The number of nitrogens with zero attached hydrogens (tertiary/aromatic N) is 5. The summed E-state index contributed by atoms with van der Waals surface area (Å²) < 4.78 is 1.74. The van der Waals surface area contributed by atoms with Crippen molar-refractivity contribution in [1.82, 2.24) is 9.78 Å². The van der Waals surface area contributed by atoms with Gasteiger partial charge in [-0.2, -0.15) is 5.10 Å². The number of hydrogen-bond acceptors (Lipinski definition) is 3. The van der Waals surface area contributed by atoms with Crippen LogP contribution in [0.5, 0.6) is 0 Å². The van der Waals surface area contributed by atoms with Crippen LogP contribution in [0.15, 0.2) is 28.7 Å². The van der Waals surface area contributed by atoms with Crippen LogP contribution in [-0.2, 0) is 13.6 Å². The van der Waals surface area contributed by atoms with E-state index in [2.05, 4.69) is 15.1 Å². The molecule has 0 spiro atoms. The van der Waals surface area contributed by atoms with Crippen LogP contribution in [0.3, 0.4) is 0 Å². The van der Waals surface area contributed by atoms with Crippen molar-refractivity contribution in [3.63, 3.8) is 0 Å². The van der Waals surface area contributed by atoms with Crippen LogP contribution in [0.2, 0.25) is 0 Å². The minimum Gasteiger partial charge on any atom is -0.272 e. The largest absolute Gasteiger partial charge is 0.272 e. The minimum absolute atomic E-state index is 0.339. The van der Waals surface area contributed by atoms with Crippen LogP contribution >= 0.6 is 11.3 Å². The summed E-state index contributed by atoms with van der Waals surface area (Å²) in [5.74, 6) is 0. The highest BCUT2D eigenvalue weighted by atomic mass is 32.1. The van der Waals surface area contributed by atoms with Gasteiger partial charge in [0, 0.05) is 17.7 Å². The molecule has 0 unspecified atom stereocenters. The first-order valence-corrected chi connectivity index (χ1v) is 5.27. The van der Waals surface area contributed by atoms with Gasteiger partial charge in [0.1, 0.15) is 5.69 Å². The third-order valence-electron chi connectivity index (χ3n) is 2.05. The van der Waals surface area contributed by atoms with Gasteiger partial charge in [-0.15, -0.1) is 11.3 Å².